The van der Waals surface area contributed by atoms with Crippen molar-refractivity contribution in [3.63, 3.8) is 0 Å². The van der Waals surface area contributed by atoms with Gasteiger partial charge in [-0.2, -0.15) is 5.26 Å². The van der Waals surface area contributed by atoms with Crippen LogP contribution in [-0.4, -0.2) is 37.2 Å². The molecule has 32 heavy (non-hydrogen) atoms. The minimum absolute atomic E-state index is 0.0686. The molecule has 0 aliphatic rings. The van der Waals surface area contributed by atoms with Gasteiger partial charge in [-0.3, -0.25) is 4.79 Å². The molecule has 8 heteroatoms. The fourth-order valence-electron chi connectivity index (χ4n) is 3.03. The van der Waals surface area contributed by atoms with Crippen molar-refractivity contribution in [3.8, 4) is 6.07 Å². The van der Waals surface area contributed by atoms with Gasteiger partial charge in [-0.15, -0.1) is 0 Å². The van der Waals surface area contributed by atoms with Crippen LogP contribution in [0.15, 0.2) is 54.6 Å². The zero-order valence-corrected chi connectivity index (χ0v) is 18.3. The topological polar surface area (TPSA) is 118 Å². The summed E-state index contributed by atoms with van der Waals surface area (Å²) in [5.41, 5.74) is 1.95. The molecule has 0 bridgehead atoms. The monoisotopic (exact) mass is 437 g/mol. The van der Waals surface area contributed by atoms with E-state index in [9.17, 15) is 14.4 Å². The summed E-state index contributed by atoms with van der Waals surface area (Å²) in [5.74, 6) is -1.43. The van der Waals surface area contributed by atoms with Crippen LogP contribution in [0.2, 0.25) is 0 Å². The molecule has 0 aliphatic heterocycles. The number of benzene rings is 2. The van der Waals surface area contributed by atoms with Crippen LogP contribution in [0.3, 0.4) is 0 Å². The van der Waals surface area contributed by atoms with Crippen molar-refractivity contribution in [2.75, 3.05) is 7.11 Å². The Bertz CT molecular complexity index is 969. The average Bonchev–Trinajstić information content (AvgIpc) is 2.80. The van der Waals surface area contributed by atoms with Gasteiger partial charge < -0.3 is 20.1 Å². The van der Waals surface area contributed by atoms with E-state index in [1.807, 2.05) is 36.4 Å². The van der Waals surface area contributed by atoms with E-state index in [2.05, 4.69) is 10.6 Å². The Kier molecular flexibility index (Phi) is 9.23. The second-order valence-electron chi connectivity index (χ2n) is 7.53. The number of nitriles is 1. The number of alkyl carbamates (subject to hydrolysis) is 1. The second-order valence-corrected chi connectivity index (χ2v) is 7.53. The van der Waals surface area contributed by atoms with Crippen LogP contribution < -0.4 is 10.6 Å². The number of esters is 1. The Labute approximate surface area is 187 Å². The standard InChI is InChI=1S/C24H27N3O5/c1-16(2)21(27-24(30)32-15-17-8-5-4-6-9-17)22(28)26-20(23(29)31-3)13-18-10-7-11-19(12-18)14-25/h4-12,16,20-21H,13,15H2,1-3H3,(H,26,28)(H,27,30)/t20-,21-/m0/s1. The molecule has 0 aliphatic carbocycles. The molecule has 0 spiro atoms. The maximum absolute atomic E-state index is 12.9. The SMILES string of the molecule is COC(=O)[C@H](Cc1cccc(C#N)c1)NC(=O)[C@@H](NC(=O)OCc1ccccc1)C(C)C. The molecule has 0 saturated carbocycles. The van der Waals surface area contributed by atoms with E-state index < -0.39 is 30.1 Å². The van der Waals surface area contributed by atoms with Crippen molar-refractivity contribution in [2.45, 2.75) is 39.0 Å². The van der Waals surface area contributed by atoms with E-state index >= 15 is 0 Å². The van der Waals surface area contributed by atoms with Gasteiger partial charge in [0, 0.05) is 6.42 Å². The molecule has 2 rings (SSSR count). The largest absolute Gasteiger partial charge is 0.467 e. The van der Waals surface area contributed by atoms with Gasteiger partial charge in [0.1, 0.15) is 18.7 Å². The molecule has 168 valence electrons. The smallest absolute Gasteiger partial charge is 0.408 e. The molecule has 2 N–H and O–H groups in total. The summed E-state index contributed by atoms with van der Waals surface area (Å²) in [6.07, 6.45) is -0.601. The van der Waals surface area contributed by atoms with Crippen LogP contribution in [-0.2, 0) is 32.1 Å². The van der Waals surface area contributed by atoms with Crippen LogP contribution in [0.5, 0.6) is 0 Å². The molecule has 0 unspecified atom stereocenters. The summed E-state index contributed by atoms with van der Waals surface area (Å²) in [7, 11) is 1.23. The highest BCUT2D eigenvalue weighted by Crippen LogP contribution is 2.10. The van der Waals surface area contributed by atoms with E-state index in [1.165, 1.54) is 7.11 Å². The Morgan fingerprint density at radius 1 is 1.00 bits per heavy atom. The highest BCUT2D eigenvalue weighted by molar-refractivity contribution is 5.90. The van der Waals surface area contributed by atoms with Gasteiger partial charge in [0.15, 0.2) is 0 Å². The minimum atomic E-state index is -0.982. The average molecular weight is 437 g/mol. The molecular weight excluding hydrogens is 410 g/mol. The predicted octanol–water partition coefficient (Wildman–Crippen LogP) is 2.71. The fraction of sp³-hybridized carbons (Fsp3) is 0.333. The maximum Gasteiger partial charge on any atom is 0.408 e. The lowest BCUT2D eigenvalue weighted by Gasteiger charge is -2.24. The Morgan fingerprint density at radius 2 is 1.69 bits per heavy atom. The number of ether oxygens (including phenoxy) is 2. The molecule has 0 radical (unpaired) electrons. The van der Waals surface area contributed by atoms with Crippen LogP contribution in [0.1, 0.15) is 30.5 Å². The van der Waals surface area contributed by atoms with Crippen molar-refractivity contribution < 1.29 is 23.9 Å². The minimum Gasteiger partial charge on any atom is -0.467 e. The quantitative estimate of drug-likeness (QED) is 0.583. The van der Waals surface area contributed by atoms with Crippen molar-refractivity contribution in [2.24, 2.45) is 5.92 Å². The maximum atomic E-state index is 12.9. The fourth-order valence-corrected chi connectivity index (χ4v) is 3.03. The highest BCUT2D eigenvalue weighted by Gasteiger charge is 2.29. The first kappa shape index (κ1) is 24.4. The Morgan fingerprint density at radius 3 is 2.31 bits per heavy atom. The number of nitrogens with one attached hydrogen (secondary N) is 2. The van der Waals surface area contributed by atoms with Gasteiger partial charge in [-0.25, -0.2) is 9.59 Å². The molecule has 0 aromatic heterocycles. The Balaban J connectivity index is 2.04. The number of amides is 2. The van der Waals surface area contributed by atoms with Crippen LogP contribution in [0.25, 0.3) is 0 Å². The van der Waals surface area contributed by atoms with Gasteiger partial charge in [0.05, 0.1) is 18.7 Å². The summed E-state index contributed by atoms with van der Waals surface area (Å²) >= 11 is 0. The van der Waals surface area contributed by atoms with E-state index in [0.717, 1.165) is 5.56 Å². The van der Waals surface area contributed by atoms with Crippen LogP contribution in [0, 0.1) is 17.2 Å². The first-order chi connectivity index (χ1) is 15.3. The molecule has 2 amide bonds. The van der Waals surface area contributed by atoms with E-state index in [4.69, 9.17) is 14.7 Å². The third-order valence-electron chi connectivity index (χ3n) is 4.73. The molecule has 0 fully saturated rings. The van der Waals surface area contributed by atoms with Gasteiger partial charge in [0.2, 0.25) is 5.91 Å². The number of nitrogens with zero attached hydrogens (tertiary/aromatic N) is 1. The third kappa shape index (κ3) is 7.43. The lowest BCUT2D eigenvalue weighted by molar-refractivity contribution is -0.145. The Hall–Kier alpha value is -3.86. The number of carbonyl (C=O) groups is 3. The molecule has 2 aromatic rings. The lowest BCUT2D eigenvalue weighted by atomic mass is 10.0. The lowest BCUT2D eigenvalue weighted by Crippen LogP contribution is -2.54. The molecule has 2 aromatic carbocycles. The van der Waals surface area contributed by atoms with E-state index in [0.29, 0.717) is 11.1 Å². The van der Waals surface area contributed by atoms with Crippen LogP contribution >= 0.6 is 0 Å². The highest BCUT2D eigenvalue weighted by atomic mass is 16.5. The van der Waals surface area contributed by atoms with Gasteiger partial charge in [0.25, 0.3) is 0 Å². The predicted molar refractivity (Wildman–Crippen MR) is 117 cm³/mol. The zero-order chi connectivity index (χ0) is 23.5. The van der Waals surface area contributed by atoms with Crippen molar-refractivity contribution >= 4 is 18.0 Å². The summed E-state index contributed by atoms with van der Waals surface area (Å²) < 4.78 is 10.0. The van der Waals surface area contributed by atoms with Gasteiger partial charge in [-0.1, -0.05) is 56.3 Å². The number of methoxy groups -OCH3 is 1. The number of hydrogen-bond acceptors (Lipinski definition) is 6. The van der Waals surface area contributed by atoms with Crippen molar-refractivity contribution in [1.82, 2.24) is 10.6 Å². The number of hydrogen-bond donors (Lipinski definition) is 2. The summed E-state index contributed by atoms with van der Waals surface area (Å²) in [4.78, 5) is 37.4. The number of rotatable bonds is 9. The summed E-state index contributed by atoms with van der Waals surface area (Å²) in [6, 6.07) is 16.0. The molecule has 0 saturated heterocycles. The molecule has 2 atom stereocenters. The van der Waals surface area contributed by atoms with E-state index in [1.54, 1.807) is 38.1 Å². The molecule has 8 nitrogen and oxygen atoms in total. The van der Waals surface area contributed by atoms with Crippen LogP contribution in [0.4, 0.5) is 4.79 Å². The number of carbonyl (C=O) groups excluding carboxylic acids is 3. The van der Waals surface area contributed by atoms with Gasteiger partial charge in [-0.05, 0) is 29.2 Å². The third-order valence-corrected chi connectivity index (χ3v) is 4.73. The van der Waals surface area contributed by atoms with E-state index in [-0.39, 0.29) is 18.9 Å². The van der Waals surface area contributed by atoms with Crippen molar-refractivity contribution in [3.05, 3.63) is 71.3 Å². The zero-order valence-electron chi connectivity index (χ0n) is 18.3. The first-order valence-electron chi connectivity index (χ1n) is 10.2. The second kappa shape index (κ2) is 12.1. The molecule has 0 heterocycles. The van der Waals surface area contributed by atoms with Crippen molar-refractivity contribution in [1.29, 1.82) is 5.26 Å². The summed E-state index contributed by atoms with van der Waals surface area (Å²) in [5, 5.41) is 14.3. The summed E-state index contributed by atoms with van der Waals surface area (Å²) in [6.45, 7) is 3.61. The normalized spacial score (nSPS) is 12.2. The van der Waals surface area contributed by atoms with Gasteiger partial charge >= 0.3 is 12.1 Å². The molecular formula is C24H27N3O5. The first-order valence-corrected chi connectivity index (χ1v) is 10.2.